The maximum absolute atomic E-state index is 5.19. The molecule has 0 fully saturated rings. The number of aromatic nitrogens is 4. The van der Waals surface area contributed by atoms with Crippen LogP contribution in [0, 0.1) is 0 Å². The molecule has 0 aliphatic rings. The van der Waals surface area contributed by atoms with Crippen LogP contribution in [-0.2, 0) is 14.1 Å². The van der Waals surface area contributed by atoms with Crippen molar-refractivity contribution in [3.63, 3.8) is 0 Å². The molecule has 0 spiro atoms. The number of nitrogens with zero attached hydrogens (tertiary/aromatic N) is 5. The maximum Gasteiger partial charge on any atom is 0.0924 e. The van der Waals surface area contributed by atoms with Crippen LogP contribution >= 0.6 is 0 Å². The van der Waals surface area contributed by atoms with E-state index in [1.165, 1.54) is 43.6 Å². The highest BCUT2D eigenvalue weighted by atomic mass is 15.1. The summed E-state index contributed by atoms with van der Waals surface area (Å²) < 4.78 is 4.59. The third-order valence-electron chi connectivity index (χ3n) is 9.48. The average molecular weight is 606 g/mol. The van der Waals surface area contributed by atoms with E-state index in [4.69, 9.17) is 9.98 Å². The molecule has 7 nitrogen and oxygen atoms in total. The Labute approximate surface area is 267 Å². The molecular weight excluding hydrogens is 566 g/mol. The molecule has 2 N–H and O–H groups in total. The first-order valence-electron chi connectivity index (χ1n) is 16.3. The van der Waals surface area contributed by atoms with E-state index in [0.717, 1.165) is 71.8 Å². The van der Waals surface area contributed by atoms with Crippen molar-refractivity contribution < 1.29 is 0 Å². The van der Waals surface area contributed by atoms with Gasteiger partial charge in [-0.3, -0.25) is 9.98 Å². The van der Waals surface area contributed by atoms with Gasteiger partial charge < -0.3 is 24.0 Å². The summed E-state index contributed by atoms with van der Waals surface area (Å²) >= 11 is 0. The van der Waals surface area contributed by atoms with E-state index >= 15 is 0 Å². The van der Waals surface area contributed by atoms with E-state index in [-0.39, 0.29) is 0 Å². The SMILES string of the molecule is CN(CCCN=c1c2ccccc2n(C)c2c1[nH]c1ccccc12)CCCN=c1c2ccccc2n(C)c2c1[nH]c1ccccc12. The van der Waals surface area contributed by atoms with Crippen molar-refractivity contribution >= 4 is 65.7 Å². The number of para-hydroxylation sites is 4. The second-order valence-electron chi connectivity index (χ2n) is 12.4. The number of pyridine rings is 2. The third kappa shape index (κ3) is 4.70. The smallest absolute Gasteiger partial charge is 0.0924 e. The summed E-state index contributed by atoms with van der Waals surface area (Å²) in [7, 11) is 6.51. The molecule has 4 heterocycles. The zero-order valence-electron chi connectivity index (χ0n) is 26.7. The lowest BCUT2D eigenvalue weighted by molar-refractivity contribution is 0.328. The maximum atomic E-state index is 5.19. The Balaban J connectivity index is 0.998. The van der Waals surface area contributed by atoms with E-state index in [9.17, 15) is 0 Å². The van der Waals surface area contributed by atoms with Crippen LogP contribution in [0.5, 0.6) is 0 Å². The number of rotatable bonds is 8. The van der Waals surface area contributed by atoms with Crippen LogP contribution in [0.25, 0.3) is 65.7 Å². The molecule has 0 aliphatic carbocycles. The lowest BCUT2D eigenvalue weighted by Gasteiger charge is -2.15. The molecule has 0 radical (unpaired) electrons. The highest BCUT2D eigenvalue weighted by Crippen LogP contribution is 2.27. The Morgan fingerprint density at radius 1 is 0.543 bits per heavy atom. The van der Waals surface area contributed by atoms with Gasteiger partial charge >= 0.3 is 0 Å². The summed E-state index contributed by atoms with van der Waals surface area (Å²) in [6.07, 6.45) is 2.00. The Kier molecular flexibility index (Phi) is 7.18. The van der Waals surface area contributed by atoms with E-state index in [1.54, 1.807) is 0 Å². The largest absolute Gasteiger partial charge is 0.351 e. The van der Waals surface area contributed by atoms with Crippen LogP contribution in [0.1, 0.15) is 12.8 Å². The zero-order chi connectivity index (χ0) is 31.2. The molecule has 8 rings (SSSR count). The zero-order valence-corrected chi connectivity index (χ0v) is 26.7. The molecule has 230 valence electrons. The standard InChI is InChI=1S/C39H39N7/c1-44(24-12-22-40-34-28-16-6-10-20-32(28)45(2)38-26-14-4-8-18-30(26)42-36(34)38)25-13-23-41-35-29-17-7-11-21-33(29)46(3)39-27-15-5-9-19-31(27)43-37(35)39/h4-11,14-21,42-43H,12-13,22-25H2,1-3H3. The Morgan fingerprint density at radius 2 is 0.935 bits per heavy atom. The molecule has 7 heteroatoms. The minimum absolute atomic E-state index is 0.780. The molecule has 0 atom stereocenters. The lowest BCUT2D eigenvalue weighted by atomic mass is 10.1. The fourth-order valence-corrected chi connectivity index (χ4v) is 7.24. The summed E-state index contributed by atoms with van der Waals surface area (Å²) in [5.74, 6) is 0. The number of hydrogen-bond acceptors (Lipinski definition) is 3. The summed E-state index contributed by atoms with van der Waals surface area (Å²) in [5.41, 5.74) is 9.33. The van der Waals surface area contributed by atoms with Crippen LogP contribution in [-0.4, -0.2) is 57.2 Å². The van der Waals surface area contributed by atoms with Crippen molar-refractivity contribution in [2.45, 2.75) is 12.8 Å². The summed E-state index contributed by atoms with van der Waals surface area (Å²) in [4.78, 5) is 20.1. The molecule has 4 aromatic heterocycles. The monoisotopic (exact) mass is 605 g/mol. The summed E-state index contributed by atoms with van der Waals surface area (Å²) in [5, 5.41) is 6.96. The number of aromatic amines is 2. The molecule has 46 heavy (non-hydrogen) atoms. The molecular formula is C39H39N7. The van der Waals surface area contributed by atoms with Crippen LogP contribution in [0.3, 0.4) is 0 Å². The number of fused-ring (bicyclic) bond motifs is 8. The van der Waals surface area contributed by atoms with Crippen molar-refractivity contribution in [3.05, 3.63) is 108 Å². The van der Waals surface area contributed by atoms with Gasteiger partial charge in [0.2, 0.25) is 0 Å². The molecule has 0 amide bonds. The quantitative estimate of drug-likeness (QED) is 0.178. The predicted octanol–water partition coefficient (Wildman–Crippen LogP) is 7.15. The van der Waals surface area contributed by atoms with Crippen molar-refractivity contribution in [1.82, 2.24) is 24.0 Å². The van der Waals surface area contributed by atoms with Crippen LogP contribution < -0.4 is 10.7 Å². The molecule has 0 saturated carbocycles. The van der Waals surface area contributed by atoms with Crippen LogP contribution in [0.4, 0.5) is 0 Å². The molecule has 0 aliphatic heterocycles. The van der Waals surface area contributed by atoms with E-state index in [0.29, 0.717) is 0 Å². The van der Waals surface area contributed by atoms with E-state index in [1.807, 2.05) is 0 Å². The van der Waals surface area contributed by atoms with Crippen molar-refractivity contribution in [2.24, 2.45) is 24.1 Å². The van der Waals surface area contributed by atoms with E-state index < -0.39 is 0 Å². The Hall–Kier alpha value is -5.14. The van der Waals surface area contributed by atoms with Gasteiger partial charge in [0, 0.05) is 59.8 Å². The fourth-order valence-electron chi connectivity index (χ4n) is 7.24. The van der Waals surface area contributed by atoms with Crippen LogP contribution in [0.2, 0.25) is 0 Å². The van der Waals surface area contributed by atoms with Gasteiger partial charge in [0.05, 0.1) is 43.8 Å². The third-order valence-corrected chi connectivity index (χ3v) is 9.48. The normalized spacial score (nSPS) is 13.2. The highest BCUT2D eigenvalue weighted by molar-refractivity contribution is 6.09. The van der Waals surface area contributed by atoms with Gasteiger partial charge in [-0.2, -0.15) is 0 Å². The van der Waals surface area contributed by atoms with Crippen molar-refractivity contribution in [1.29, 1.82) is 0 Å². The minimum atomic E-state index is 0.780. The molecule has 0 bridgehead atoms. The number of H-pyrrole nitrogens is 2. The Morgan fingerprint density at radius 3 is 1.39 bits per heavy atom. The molecule has 0 saturated heterocycles. The molecule has 4 aromatic carbocycles. The fraction of sp³-hybridized carbons (Fsp3) is 0.231. The van der Waals surface area contributed by atoms with Gasteiger partial charge in [0.25, 0.3) is 0 Å². The molecule has 8 aromatic rings. The average Bonchev–Trinajstić information content (AvgIpc) is 3.67. The van der Waals surface area contributed by atoms with Gasteiger partial charge in [-0.05, 0) is 57.2 Å². The Bertz CT molecular complexity index is 2360. The van der Waals surface area contributed by atoms with Gasteiger partial charge in [0.1, 0.15) is 0 Å². The highest BCUT2D eigenvalue weighted by Gasteiger charge is 2.14. The topological polar surface area (TPSA) is 69.4 Å². The van der Waals surface area contributed by atoms with Gasteiger partial charge in [-0.25, -0.2) is 0 Å². The van der Waals surface area contributed by atoms with Crippen molar-refractivity contribution in [3.8, 4) is 0 Å². The lowest BCUT2D eigenvalue weighted by Crippen LogP contribution is -2.22. The number of aryl methyl sites for hydroxylation is 2. The van der Waals surface area contributed by atoms with Crippen LogP contribution in [0.15, 0.2) is 107 Å². The summed E-state index contributed by atoms with van der Waals surface area (Å²) in [6.45, 7) is 3.55. The van der Waals surface area contributed by atoms with Gasteiger partial charge in [0.15, 0.2) is 0 Å². The van der Waals surface area contributed by atoms with Gasteiger partial charge in [-0.15, -0.1) is 0 Å². The second kappa shape index (κ2) is 11.7. The predicted molar refractivity (Wildman–Crippen MR) is 192 cm³/mol. The minimum Gasteiger partial charge on any atom is -0.351 e. The first-order valence-corrected chi connectivity index (χ1v) is 16.3. The first kappa shape index (κ1) is 28.3. The molecule has 0 unspecified atom stereocenters. The first-order chi connectivity index (χ1) is 22.6. The van der Waals surface area contributed by atoms with E-state index in [2.05, 4.69) is 142 Å². The number of hydrogen-bond donors (Lipinski definition) is 2. The second-order valence-corrected chi connectivity index (χ2v) is 12.4. The number of benzene rings is 4. The van der Waals surface area contributed by atoms with Gasteiger partial charge in [-0.1, -0.05) is 72.8 Å². The van der Waals surface area contributed by atoms with Crippen molar-refractivity contribution in [2.75, 3.05) is 33.2 Å². The number of nitrogens with one attached hydrogen (secondary N) is 2. The summed E-state index contributed by atoms with van der Waals surface area (Å²) in [6, 6.07) is 34.2.